The minimum Gasteiger partial charge on any atom is -0.347 e. The van der Waals surface area contributed by atoms with Gasteiger partial charge in [-0.15, -0.1) is 0 Å². The van der Waals surface area contributed by atoms with E-state index < -0.39 is 0 Å². The molecule has 6 heteroatoms. The molecule has 0 atom stereocenters. The van der Waals surface area contributed by atoms with Crippen molar-refractivity contribution in [1.82, 2.24) is 14.3 Å². The third-order valence-corrected chi connectivity index (χ3v) is 4.98. The fraction of sp³-hybridized carbons (Fsp3) is 0.812. The van der Waals surface area contributed by atoms with E-state index in [-0.39, 0.29) is 11.3 Å². The third-order valence-electron chi connectivity index (χ3n) is 4.19. The van der Waals surface area contributed by atoms with E-state index in [1.54, 1.807) is 0 Å². The van der Waals surface area contributed by atoms with Gasteiger partial charge in [-0.05, 0) is 12.8 Å². The number of carbonyl (C=O) groups excluding carboxylic acids is 1. The first kappa shape index (κ1) is 17.2. The molecule has 0 unspecified atom stereocenters. The lowest BCUT2D eigenvalue weighted by Crippen LogP contribution is -2.48. The molecule has 1 aliphatic heterocycles. The zero-order valence-electron chi connectivity index (χ0n) is 14.6. The monoisotopic (exact) mass is 324 g/mol. The number of hydrogen-bond acceptors (Lipinski definition) is 5. The van der Waals surface area contributed by atoms with Crippen molar-refractivity contribution in [2.24, 2.45) is 5.41 Å². The van der Waals surface area contributed by atoms with Gasteiger partial charge in [0, 0.05) is 49.0 Å². The molecule has 0 saturated carbocycles. The first-order valence-corrected chi connectivity index (χ1v) is 8.83. The maximum absolute atomic E-state index is 12.4. The van der Waals surface area contributed by atoms with Crippen LogP contribution in [-0.4, -0.2) is 46.3 Å². The Kier molecular flexibility index (Phi) is 5.10. The van der Waals surface area contributed by atoms with E-state index in [0.29, 0.717) is 12.0 Å². The maximum atomic E-state index is 12.4. The van der Waals surface area contributed by atoms with Crippen LogP contribution in [-0.2, 0) is 4.79 Å². The Morgan fingerprint density at radius 2 is 1.91 bits per heavy atom. The molecule has 0 radical (unpaired) electrons. The summed E-state index contributed by atoms with van der Waals surface area (Å²) in [6, 6.07) is 0.334. The highest BCUT2D eigenvalue weighted by Crippen LogP contribution is 2.27. The Hall–Kier alpha value is -1.17. The number of carbonyl (C=O) groups is 1. The molecule has 0 N–H and O–H groups in total. The minimum atomic E-state index is -0.308. The molecule has 0 bridgehead atoms. The summed E-state index contributed by atoms with van der Waals surface area (Å²) in [6.07, 6.45) is 1.99. The molecule has 1 fully saturated rings. The van der Waals surface area contributed by atoms with E-state index in [1.165, 1.54) is 11.5 Å². The van der Waals surface area contributed by atoms with Gasteiger partial charge in [-0.3, -0.25) is 4.79 Å². The van der Waals surface area contributed by atoms with Gasteiger partial charge in [0.25, 0.3) is 0 Å². The van der Waals surface area contributed by atoms with Gasteiger partial charge >= 0.3 is 0 Å². The average molecular weight is 324 g/mol. The lowest BCUT2D eigenvalue weighted by Gasteiger charge is -2.38. The minimum absolute atomic E-state index is 0.226. The number of nitrogens with zero attached hydrogens (tertiary/aromatic N) is 4. The van der Waals surface area contributed by atoms with E-state index in [9.17, 15) is 4.79 Å². The van der Waals surface area contributed by atoms with Crippen LogP contribution in [0.4, 0.5) is 5.13 Å². The van der Waals surface area contributed by atoms with Gasteiger partial charge in [-0.25, -0.2) is 4.98 Å². The first-order chi connectivity index (χ1) is 10.2. The highest BCUT2D eigenvalue weighted by Gasteiger charge is 2.32. The molecule has 1 aromatic rings. The van der Waals surface area contributed by atoms with Crippen molar-refractivity contribution in [2.75, 3.05) is 25.0 Å². The molecule has 0 spiro atoms. The molecule has 2 rings (SSSR count). The predicted octanol–water partition coefficient (Wildman–Crippen LogP) is 3.13. The molecule has 22 heavy (non-hydrogen) atoms. The lowest BCUT2D eigenvalue weighted by molar-refractivity contribution is -0.140. The molecule has 1 aliphatic rings. The lowest BCUT2D eigenvalue weighted by atomic mass is 9.93. The second kappa shape index (κ2) is 6.52. The Morgan fingerprint density at radius 1 is 1.32 bits per heavy atom. The smallest absolute Gasteiger partial charge is 0.227 e. The molecule has 124 valence electrons. The summed E-state index contributed by atoms with van der Waals surface area (Å²) in [6.45, 7) is 12.1. The van der Waals surface area contributed by atoms with Gasteiger partial charge in [-0.2, -0.15) is 4.37 Å². The van der Waals surface area contributed by atoms with Crippen LogP contribution in [0.25, 0.3) is 0 Å². The number of aromatic nitrogens is 2. The quantitative estimate of drug-likeness (QED) is 0.857. The first-order valence-electron chi connectivity index (χ1n) is 8.06. The van der Waals surface area contributed by atoms with Gasteiger partial charge in [0.15, 0.2) is 0 Å². The summed E-state index contributed by atoms with van der Waals surface area (Å²) in [5, 5.41) is 1.02. The summed E-state index contributed by atoms with van der Waals surface area (Å²) in [7, 11) is 1.94. The second-order valence-corrected chi connectivity index (χ2v) is 8.20. The zero-order chi connectivity index (χ0) is 16.5. The highest BCUT2D eigenvalue weighted by molar-refractivity contribution is 7.09. The van der Waals surface area contributed by atoms with Crippen molar-refractivity contribution >= 4 is 22.6 Å². The molecule has 2 heterocycles. The molecule has 0 aromatic carbocycles. The van der Waals surface area contributed by atoms with Crippen molar-refractivity contribution in [3.63, 3.8) is 0 Å². The average Bonchev–Trinajstić information content (AvgIpc) is 2.95. The van der Waals surface area contributed by atoms with Gasteiger partial charge in [0.2, 0.25) is 11.0 Å². The van der Waals surface area contributed by atoms with E-state index in [0.717, 1.165) is 36.9 Å². The number of piperidine rings is 1. The Balaban J connectivity index is 1.94. The summed E-state index contributed by atoms with van der Waals surface area (Å²) in [5.74, 6) is 1.53. The zero-order valence-corrected chi connectivity index (χ0v) is 15.4. The standard InChI is InChI=1S/C16H28N4OS/c1-11(2)13-17-15(22-18-13)20-9-7-12(8-10-20)19(6)14(21)16(3,4)5/h11-12H,7-10H2,1-6H3. The molecule has 1 aromatic heterocycles. The number of hydrogen-bond donors (Lipinski definition) is 0. The molecule has 1 saturated heterocycles. The van der Waals surface area contributed by atoms with Crippen LogP contribution in [0.15, 0.2) is 0 Å². The van der Waals surface area contributed by atoms with Gasteiger partial charge in [0.05, 0.1) is 0 Å². The topological polar surface area (TPSA) is 49.3 Å². The molecular formula is C16H28N4OS. The Bertz CT molecular complexity index is 512. The van der Waals surface area contributed by atoms with Gasteiger partial charge in [-0.1, -0.05) is 34.6 Å². The van der Waals surface area contributed by atoms with Gasteiger partial charge in [0.1, 0.15) is 5.82 Å². The second-order valence-electron chi connectivity index (χ2n) is 7.47. The number of amides is 1. The summed E-state index contributed by atoms with van der Waals surface area (Å²) >= 11 is 1.49. The predicted molar refractivity (Wildman–Crippen MR) is 91.5 cm³/mol. The number of anilines is 1. The van der Waals surface area contributed by atoms with E-state index in [2.05, 4.69) is 28.1 Å². The Labute approximate surface area is 137 Å². The van der Waals surface area contributed by atoms with Crippen LogP contribution in [0.3, 0.4) is 0 Å². The fourth-order valence-corrected chi connectivity index (χ4v) is 3.59. The third kappa shape index (κ3) is 3.77. The molecule has 5 nitrogen and oxygen atoms in total. The maximum Gasteiger partial charge on any atom is 0.227 e. The van der Waals surface area contributed by atoms with E-state index >= 15 is 0 Å². The van der Waals surface area contributed by atoms with Crippen LogP contribution in [0.2, 0.25) is 0 Å². The SMILES string of the molecule is CC(C)c1nsc(N2CCC(N(C)C(=O)C(C)(C)C)CC2)n1. The number of rotatable bonds is 3. The van der Waals surface area contributed by atoms with Crippen LogP contribution in [0.5, 0.6) is 0 Å². The fourth-order valence-electron chi connectivity index (χ4n) is 2.73. The van der Waals surface area contributed by atoms with Crippen molar-refractivity contribution in [2.45, 2.75) is 59.4 Å². The van der Waals surface area contributed by atoms with E-state index in [1.807, 2.05) is 32.7 Å². The van der Waals surface area contributed by atoms with Crippen LogP contribution in [0, 0.1) is 5.41 Å². The van der Waals surface area contributed by atoms with Crippen LogP contribution >= 0.6 is 11.5 Å². The van der Waals surface area contributed by atoms with Crippen LogP contribution in [0.1, 0.15) is 59.2 Å². The summed E-state index contributed by atoms with van der Waals surface area (Å²) < 4.78 is 4.43. The van der Waals surface area contributed by atoms with Crippen molar-refractivity contribution < 1.29 is 4.79 Å². The van der Waals surface area contributed by atoms with Crippen LogP contribution < -0.4 is 4.90 Å². The Morgan fingerprint density at radius 3 is 2.36 bits per heavy atom. The van der Waals surface area contributed by atoms with Crippen molar-refractivity contribution in [1.29, 1.82) is 0 Å². The summed E-state index contributed by atoms with van der Waals surface area (Å²) in [5.41, 5.74) is -0.308. The largest absolute Gasteiger partial charge is 0.347 e. The molecule has 1 amide bonds. The highest BCUT2D eigenvalue weighted by atomic mass is 32.1. The molecule has 0 aliphatic carbocycles. The van der Waals surface area contributed by atoms with Crippen molar-refractivity contribution in [3.8, 4) is 0 Å². The van der Waals surface area contributed by atoms with Crippen molar-refractivity contribution in [3.05, 3.63) is 5.82 Å². The normalized spacial score (nSPS) is 17.1. The molecular weight excluding hydrogens is 296 g/mol. The summed E-state index contributed by atoms with van der Waals surface area (Å²) in [4.78, 5) is 21.3. The van der Waals surface area contributed by atoms with E-state index in [4.69, 9.17) is 0 Å². The van der Waals surface area contributed by atoms with Gasteiger partial charge < -0.3 is 9.80 Å².